The van der Waals surface area contributed by atoms with Gasteiger partial charge in [-0.3, -0.25) is 9.89 Å². The average Bonchev–Trinajstić information content (AvgIpc) is 3.67. The first kappa shape index (κ1) is 20.7. The van der Waals surface area contributed by atoms with Crippen molar-refractivity contribution in [2.75, 3.05) is 6.79 Å². The first-order valence-electron chi connectivity index (χ1n) is 11.2. The predicted molar refractivity (Wildman–Crippen MR) is 130 cm³/mol. The Balaban J connectivity index is 1.22. The number of hydrogen-bond donors (Lipinski definition) is 2. The first-order chi connectivity index (χ1) is 17.2. The van der Waals surface area contributed by atoms with Gasteiger partial charge in [0.05, 0.1) is 17.1 Å². The third kappa shape index (κ3) is 4.13. The number of aromatic amines is 1. The van der Waals surface area contributed by atoms with E-state index in [1.807, 2.05) is 89.7 Å². The van der Waals surface area contributed by atoms with E-state index in [1.54, 1.807) is 6.07 Å². The number of hydrogen-bond acceptors (Lipinski definition) is 5. The van der Waals surface area contributed by atoms with Crippen molar-refractivity contribution in [1.29, 1.82) is 0 Å². The topological polar surface area (TPSA) is 94.1 Å². The second kappa shape index (κ2) is 8.83. The van der Waals surface area contributed by atoms with E-state index in [9.17, 15) is 4.79 Å². The summed E-state index contributed by atoms with van der Waals surface area (Å²) in [5, 5.41) is 14.9. The number of rotatable bonds is 6. The van der Waals surface area contributed by atoms with E-state index in [-0.39, 0.29) is 12.7 Å². The van der Waals surface area contributed by atoms with E-state index in [0.717, 1.165) is 28.1 Å². The molecule has 0 saturated heterocycles. The number of fused-ring (bicyclic) bond motifs is 1. The van der Waals surface area contributed by atoms with Gasteiger partial charge in [0.2, 0.25) is 6.79 Å². The summed E-state index contributed by atoms with van der Waals surface area (Å²) in [6.45, 7) is 0.521. The van der Waals surface area contributed by atoms with Gasteiger partial charge < -0.3 is 14.8 Å². The molecule has 3 heterocycles. The summed E-state index contributed by atoms with van der Waals surface area (Å²) in [6, 6.07) is 27.1. The Morgan fingerprint density at radius 1 is 0.914 bits per heavy atom. The molecule has 2 N–H and O–H groups in total. The average molecular weight is 463 g/mol. The zero-order chi connectivity index (χ0) is 23.6. The molecule has 35 heavy (non-hydrogen) atoms. The number of ether oxygens (including phenoxy) is 2. The van der Waals surface area contributed by atoms with Gasteiger partial charge in [0, 0.05) is 29.4 Å². The molecule has 0 radical (unpaired) electrons. The van der Waals surface area contributed by atoms with E-state index in [2.05, 4.69) is 15.5 Å². The van der Waals surface area contributed by atoms with Crippen LogP contribution in [0.15, 0.2) is 91.1 Å². The number of benzene rings is 3. The minimum Gasteiger partial charge on any atom is -0.454 e. The Hall–Kier alpha value is -4.85. The van der Waals surface area contributed by atoms with Crippen LogP contribution in [0.3, 0.4) is 0 Å². The fourth-order valence-corrected chi connectivity index (χ4v) is 4.00. The Morgan fingerprint density at radius 3 is 2.51 bits per heavy atom. The largest absolute Gasteiger partial charge is 0.454 e. The lowest BCUT2D eigenvalue weighted by Gasteiger charge is -2.04. The molecule has 0 atom stereocenters. The summed E-state index contributed by atoms with van der Waals surface area (Å²) in [4.78, 5) is 12.9. The van der Waals surface area contributed by atoms with Crippen molar-refractivity contribution in [1.82, 2.24) is 25.3 Å². The molecule has 5 aromatic rings. The zero-order valence-corrected chi connectivity index (χ0v) is 18.6. The monoisotopic (exact) mass is 463 g/mol. The number of nitrogens with one attached hydrogen (secondary N) is 2. The number of aromatic nitrogens is 4. The Labute approximate surface area is 201 Å². The second-order valence-corrected chi connectivity index (χ2v) is 8.07. The minimum absolute atomic E-state index is 0.207. The lowest BCUT2D eigenvalue weighted by atomic mass is 10.1. The lowest BCUT2D eigenvalue weighted by molar-refractivity contribution is 0.0946. The molecular formula is C27H21N5O3. The van der Waals surface area contributed by atoms with Gasteiger partial charge >= 0.3 is 0 Å². The Bertz CT molecular complexity index is 1490. The molecule has 172 valence electrons. The third-order valence-electron chi connectivity index (χ3n) is 5.79. The van der Waals surface area contributed by atoms with Gasteiger partial charge in [0.15, 0.2) is 11.5 Å². The number of carbonyl (C=O) groups excluding carboxylic acids is 1. The van der Waals surface area contributed by atoms with Crippen molar-refractivity contribution in [3.8, 4) is 39.7 Å². The SMILES string of the molecule is O=C(NCc1cn(-c2ccccc2)nc1-c1ccccc1)c1cc(-c2ccc3c(c2)OCO3)n[nH]1. The molecule has 0 aliphatic carbocycles. The number of nitrogens with zero attached hydrogens (tertiary/aromatic N) is 3. The summed E-state index contributed by atoms with van der Waals surface area (Å²) in [5.74, 6) is 1.11. The smallest absolute Gasteiger partial charge is 0.269 e. The molecule has 3 aromatic carbocycles. The molecule has 1 aliphatic rings. The Morgan fingerprint density at radius 2 is 1.69 bits per heavy atom. The van der Waals surface area contributed by atoms with Crippen molar-refractivity contribution in [3.05, 3.63) is 102 Å². The third-order valence-corrected chi connectivity index (χ3v) is 5.79. The molecule has 8 nitrogen and oxygen atoms in total. The molecular weight excluding hydrogens is 442 g/mol. The molecule has 0 bridgehead atoms. The highest BCUT2D eigenvalue weighted by molar-refractivity contribution is 5.93. The van der Waals surface area contributed by atoms with Gasteiger partial charge in [-0.05, 0) is 36.4 Å². The predicted octanol–water partition coefficient (Wildman–Crippen LogP) is 4.59. The quantitative estimate of drug-likeness (QED) is 0.384. The molecule has 8 heteroatoms. The maximum atomic E-state index is 12.9. The molecule has 0 fully saturated rings. The zero-order valence-electron chi connectivity index (χ0n) is 18.6. The van der Waals surface area contributed by atoms with Crippen LogP contribution in [0.4, 0.5) is 0 Å². The van der Waals surface area contributed by atoms with Crippen LogP contribution in [0.2, 0.25) is 0 Å². The lowest BCUT2D eigenvalue weighted by Crippen LogP contribution is -2.23. The van der Waals surface area contributed by atoms with Crippen LogP contribution in [-0.2, 0) is 6.54 Å². The van der Waals surface area contributed by atoms with Crippen LogP contribution in [0.25, 0.3) is 28.2 Å². The van der Waals surface area contributed by atoms with Crippen LogP contribution in [0.1, 0.15) is 16.1 Å². The highest BCUT2D eigenvalue weighted by atomic mass is 16.7. The van der Waals surface area contributed by atoms with Gasteiger partial charge in [0.1, 0.15) is 5.69 Å². The van der Waals surface area contributed by atoms with Crippen LogP contribution in [0.5, 0.6) is 11.5 Å². The van der Waals surface area contributed by atoms with Crippen molar-refractivity contribution < 1.29 is 14.3 Å². The van der Waals surface area contributed by atoms with Gasteiger partial charge in [-0.15, -0.1) is 0 Å². The van der Waals surface area contributed by atoms with Gasteiger partial charge in [-0.25, -0.2) is 4.68 Å². The number of amides is 1. The summed E-state index contributed by atoms with van der Waals surface area (Å²) in [6.07, 6.45) is 1.95. The van der Waals surface area contributed by atoms with Crippen molar-refractivity contribution in [2.24, 2.45) is 0 Å². The fraction of sp³-hybridized carbons (Fsp3) is 0.0741. The van der Waals surface area contributed by atoms with Crippen LogP contribution >= 0.6 is 0 Å². The number of carbonyl (C=O) groups is 1. The fourth-order valence-electron chi connectivity index (χ4n) is 4.00. The molecule has 1 amide bonds. The van der Waals surface area contributed by atoms with E-state index in [1.165, 1.54) is 0 Å². The van der Waals surface area contributed by atoms with E-state index in [4.69, 9.17) is 14.6 Å². The molecule has 0 spiro atoms. The van der Waals surface area contributed by atoms with Gasteiger partial charge in [-0.1, -0.05) is 48.5 Å². The van der Waals surface area contributed by atoms with Gasteiger partial charge in [-0.2, -0.15) is 10.2 Å². The molecule has 0 unspecified atom stereocenters. The maximum Gasteiger partial charge on any atom is 0.269 e. The van der Waals surface area contributed by atoms with Crippen LogP contribution < -0.4 is 14.8 Å². The number of H-pyrrole nitrogens is 1. The molecule has 0 saturated carbocycles. The van der Waals surface area contributed by atoms with Crippen molar-refractivity contribution in [3.63, 3.8) is 0 Å². The molecule has 2 aromatic heterocycles. The van der Waals surface area contributed by atoms with Gasteiger partial charge in [0.25, 0.3) is 5.91 Å². The van der Waals surface area contributed by atoms with Crippen LogP contribution in [-0.4, -0.2) is 32.7 Å². The highest BCUT2D eigenvalue weighted by Gasteiger charge is 2.18. The standard InChI is InChI=1S/C27H21N5O3/c33-27(23-14-22(29-30-23)19-11-12-24-25(13-19)35-17-34-24)28-15-20-16-32(21-9-5-2-6-10-21)31-26(20)18-7-3-1-4-8-18/h1-14,16H,15,17H2,(H,28,33)(H,29,30). The summed E-state index contributed by atoms with van der Waals surface area (Å²) in [5.41, 5.74) is 5.51. The highest BCUT2D eigenvalue weighted by Crippen LogP contribution is 2.35. The van der Waals surface area contributed by atoms with E-state index < -0.39 is 0 Å². The number of para-hydroxylation sites is 1. The maximum absolute atomic E-state index is 12.9. The van der Waals surface area contributed by atoms with Crippen molar-refractivity contribution in [2.45, 2.75) is 6.54 Å². The molecule has 1 aliphatic heterocycles. The van der Waals surface area contributed by atoms with E-state index in [0.29, 0.717) is 29.4 Å². The minimum atomic E-state index is -0.254. The summed E-state index contributed by atoms with van der Waals surface area (Å²) >= 11 is 0. The first-order valence-corrected chi connectivity index (χ1v) is 11.2. The summed E-state index contributed by atoms with van der Waals surface area (Å²) in [7, 11) is 0. The summed E-state index contributed by atoms with van der Waals surface area (Å²) < 4.78 is 12.6. The second-order valence-electron chi connectivity index (χ2n) is 8.07. The normalized spacial score (nSPS) is 12.0. The van der Waals surface area contributed by atoms with E-state index >= 15 is 0 Å². The Kier molecular flexibility index (Phi) is 5.23. The van der Waals surface area contributed by atoms with Crippen LogP contribution in [0, 0.1) is 0 Å². The molecule has 6 rings (SSSR count). The van der Waals surface area contributed by atoms with Crippen molar-refractivity contribution >= 4 is 5.91 Å².